The molecule has 0 radical (unpaired) electrons. The van der Waals surface area contributed by atoms with Gasteiger partial charge in [-0.3, -0.25) is 10.1 Å². The van der Waals surface area contributed by atoms with Gasteiger partial charge in [0.2, 0.25) is 0 Å². The van der Waals surface area contributed by atoms with Gasteiger partial charge in [-0.2, -0.15) is 0 Å². The molecular formula is C12H13NO2. The first kappa shape index (κ1) is 8.92. The molecule has 1 aliphatic carbocycles. The molecule has 2 atom stereocenters. The van der Waals surface area contributed by atoms with E-state index in [1.807, 2.05) is 12.1 Å². The van der Waals surface area contributed by atoms with E-state index in [0.29, 0.717) is 5.92 Å². The third-order valence-corrected chi connectivity index (χ3v) is 3.54. The van der Waals surface area contributed by atoms with Gasteiger partial charge in [0.1, 0.15) is 5.54 Å². The SMILES string of the molecule is COC(=O)[C@@]12C[C@@H]1c1ccccc1CN2. The number of nitrogens with one attached hydrogen (secondary N) is 1. The molecule has 0 bridgehead atoms. The van der Waals surface area contributed by atoms with Crippen LogP contribution in [0.15, 0.2) is 24.3 Å². The number of ether oxygens (including phenoxy) is 1. The highest BCUT2D eigenvalue weighted by Gasteiger charge is 2.63. The molecule has 1 aromatic carbocycles. The highest BCUT2D eigenvalue weighted by Crippen LogP contribution is 2.55. The van der Waals surface area contributed by atoms with Crippen LogP contribution in [0.5, 0.6) is 0 Å². The Labute approximate surface area is 88.4 Å². The largest absolute Gasteiger partial charge is 0.468 e. The molecule has 0 spiro atoms. The highest BCUT2D eigenvalue weighted by atomic mass is 16.5. The van der Waals surface area contributed by atoms with Gasteiger partial charge < -0.3 is 4.74 Å². The van der Waals surface area contributed by atoms with E-state index < -0.39 is 5.54 Å². The van der Waals surface area contributed by atoms with Crippen LogP contribution in [0.1, 0.15) is 23.5 Å². The molecule has 0 unspecified atom stereocenters. The van der Waals surface area contributed by atoms with Gasteiger partial charge in [-0.1, -0.05) is 24.3 Å². The maximum absolute atomic E-state index is 11.7. The van der Waals surface area contributed by atoms with Gasteiger partial charge in [0, 0.05) is 12.5 Å². The molecule has 1 heterocycles. The summed E-state index contributed by atoms with van der Waals surface area (Å²) in [5, 5.41) is 3.30. The summed E-state index contributed by atoms with van der Waals surface area (Å²) in [6.07, 6.45) is 0.872. The van der Waals surface area contributed by atoms with E-state index in [9.17, 15) is 4.79 Å². The van der Waals surface area contributed by atoms with E-state index in [-0.39, 0.29) is 5.97 Å². The summed E-state index contributed by atoms with van der Waals surface area (Å²) in [6, 6.07) is 8.30. The van der Waals surface area contributed by atoms with Crippen LogP contribution >= 0.6 is 0 Å². The molecule has 78 valence electrons. The fourth-order valence-corrected chi connectivity index (χ4v) is 2.60. The molecule has 0 aromatic heterocycles. The van der Waals surface area contributed by atoms with Crippen LogP contribution in [0.4, 0.5) is 0 Å². The van der Waals surface area contributed by atoms with Gasteiger partial charge in [-0.15, -0.1) is 0 Å². The van der Waals surface area contributed by atoms with Crippen molar-refractivity contribution in [3.05, 3.63) is 35.4 Å². The lowest BCUT2D eigenvalue weighted by atomic mass is 9.96. The van der Waals surface area contributed by atoms with Crippen molar-refractivity contribution in [1.29, 1.82) is 0 Å². The van der Waals surface area contributed by atoms with Crippen molar-refractivity contribution in [3.8, 4) is 0 Å². The van der Waals surface area contributed by atoms with Gasteiger partial charge in [-0.25, -0.2) is 0 Å². The average molecular weight is 203 g/mol. The Balaban J connectivity index is 1.98. The highest BCUT2D eigenvalue weighted by molar-refractivity contribution is 5.87. The summed E-state index contributed by atoms with van der Waals surface area (Å²) in [5.74, 6) is 0.192. The van der Waals surface area contributed by atoms with Crippen LogP contribution < -0.4 is 5.32 Å². The molecule has 1 aliphatic heterocycles. The fourth-order valence-electron chi connectivity index (χ4n) is 2.60. The van der Waals surface area contributed by atoms with Crippen molar-refractivity contribution in [1.82, 2.24) is 5.32 Å². The number of carbonyl (C=O) groups excluding carboxylic acids is 1. The van der Waals surface area contributed by atoms with Gasteiger partial charge in [0.05, 0.1) is 7.11 Å². The van der Waals surface area contributed by atoms with E-state index in [0.717, 1.165) is 13.0 Å². The zero-order valence-electron chi connectivity index (χ0n) is 8.62. The van der Waals surface area contributed by atoms with Gasteiger partial charge >= 0.3 is 5.97 Å². The van der Waals surface area contributed by atoms with E-state index in [1.165, 1.54) is 18.2 Å². The van der Waals surface area contributed by atoms with Gasteiger partial charge in [0.25, 0.3) is 0 Å². The maximum Gasteiger partial charge on any atom is 0.326 e. The summed E-state index contributed by atoms with van der Waals surface area (Å²) >= 11 is 0. The molecule has 1 aromatic rings. The standard InChI is InChI=1S/C12H13NO2/c1-15-11(14)12-6-10(12)9-5-3-2-4-8(9)7-13-12/h2-5,10,13H,6-7H2,1H3/t10-,12-/m1/s1. The van der Waals surface area contributed by atoms with Crippen molar-refractivity contribution in [2.24, 2.45) is 0 Å². The molecule has 1 N–H and O–H groups in total. The number of esters is 1. The second kappa shape index (κ2) is 2.83. The number of carbonyl (C=O) groups is 1. The van der Waals surface area contributed by atoms with E-state index in [4.69, 9.17) is 4.74 Å². The fraction of sp³-hybridized carbons (Fsp3) is 0.417. The molecule has 15 heavy (non-hydrogen) atoms. The van der Waals surface area contributed by atoms with E-state index in [2.05, 4.69) is 17.4 Å². The van der Waals surface area contributed by atoms with Crippen LogP contribution in [-0.2, 0) is 16.1 Å². The lowest BCUT2D eigenvalue weighted by molar-refractivity contribution is -0.144. The lowest BCUT2D eigenvalue weighted by Gasteiger charge is -2.23. The predicted octanol–water partition coefficient (Wildman–Crippen LogP) is 1.19. The number of hydrogen-bond donors (Lipinski definition) is 1. The summed E-state index contributed by atoms with van der Waals surface area (Å²) in [7, 11) is 1.45. The molecule has 0 saturated heterocycles. The lowest BCUT2D eigenvalue weighted by Crippen LogP contribution is -2.43. The molecule has 3 nitrogen and oxygen atoms in total. The number of rotatable bonds is 1. The smallest absolute Gasteiger partial charge is 0.326 e. The predicted molar refractivity (Wildman–Crippen MR) is 55.4 cm³/mol. The molecule has 1 fully saturated rings. The van der Waals surface area contributed by atoms with E-state index >= 15 is 0 Å². The van der Waals surface area contributed by atoms with Crippen LogP contribution in [0, 0.1) is 0 Å². The quantitative estimate of drug-likeness (QED) is 0.697. The van der Waals surface area contributed by atoms with Crippen molar-refractivity contribution in [3.63, 3.8) is 0 Å². The Morgan fingerprint density at radius 1 is 1.53 bits per heavy atom. The summed E-state index contributed by atoms with van der Waals surface area (Å²) in [5.41, 5.74) is 2.20. The molecular weight excluding hydrogens is 190 g/mol. The first-order valence-corrected chi connectivity index (χ1v) is 5.19. The van der Waals surface area contributed by atoms with Crippen molar-refractivity contribution < 1.29 is 9.53 Å². The normalized spacial score (nSPS) is 31.4. The van der Waals surface area contributed by atoms with Crippen LogP contribution in [0.25, 0.3) is 0 Å². The molecule has 1 saturated carbocycles. The van der Waals surface area contributed by atoms with Crippen LogP contribution in [0.3, 0.4) is 0 Å². The minimum Gasteiger partial charge on any atom is -0.468 e. The minimum atomic E-state index is -0.414. The molecule has 3 rings (SSSR count). The van der Waals surface area contributed by atoms with Gasteiger partial charge in [0.15, 0.2) is 0 Å². The Morgan fingerprint density at radius 2 is 2.33 bits per heavy atom. The molecule has 3 heteroatoms. The Bertz CT molecular complexity index is 429. The first-order chi connectivity index (χ1) is 7.28. The Morgan fingerprint density at radius 3 is 3.13 bits per heavy atom. The third kappa shape index (κ3) is 1.07. The minimum absolute atomic E-state index is 0.123. The Kier molecular flexibility index (Phi) is 1.68. The summed E-state index contributed by atoms with van der Waals surface area (Å²) in [4.78, 5) is 11.7. The van der Waals surface area contributed by atoms with Gasteiger partial charge in [-0.05, 0) is 17.5 Å². The topological polar surface area (TPSA) is 38.3 Å². The van der Waals surface area contributed by atoms with Crippen molar-refractivity contribution in [2.75, 3.05) is 7.11 Å². The summed E-state index contributed by atoms with van der Waals surface area (Å²) in [6.45, 7) is 0.766. The van der Waals surface area contributed by atoms with Crippen molar-refractivity contribution >= 4 is 5.97 Å². The number of methoxy groups -OCH3 is 1. The van der Waals surface area contributed by atoms with Crippen LogP contribution in [0.2, 0.25) is 0 Å². The molecule has 0 amide bonds. The zero-order valence-corrected chi connectivity index (χ0v) is 8.62. The van der Waals surface area contributed by atoms with Crippen molar-refractivity contribution in [2.45, 2.75) is 24.4 Å². The summed E-state index contributed by atoms with van der Waals surface area (Å²) < 4.78 is 4.85. The maximum atomic E-state index is 11.7. The zero-order chi connectivity index (χ0) is 10.5. The first-order valence-electron chi connectivity index (χ1n) is 5.19. The van der Waals surface area contributed by atoms with E-state index in [1.54, 1.807) is 0 Å². The average Bonchev–Trinajstić information content (AvgIpc) is 3.04. The Hall–Kier alpha value is -1.35. The number of hydrogen-bond acceptors (Lipinski definition) is 3. The van der Waals surface area contributed by atoms with Crippen LogP contribution in [-0.4, -0.2) is 18.6 Å². The monoisotopic (exact) mass is 203 g/mol. The third-order valence-electron chi connectivity index (χ3n) is 3.54. The molecule has 2 aliphatic rings. The second-order valence-electron chi connectivity index (χ2n) is 4.27. The number of fused-ring (bicyclic) bond motifs is 3. The number of benzene rings is 1. The second-order valence-corrected chi connectivity index (χ2v) is 4.27.